The molecule has 144 valence electrons. The van der Waals surface area contributed by atoms with Gasteiger partial charge in [-0.2, -0.15) is 0 Å². The van der Waals surface area contributed by atoms with Gasteiger partial charge in [-0.15, -0.1) is 0 Å². The number of halogens is 1. The Morgan fingerprint density at radius 1 is 1.18 bits per heavy atom. The second kappa shape index (κ2) is 7.40. The molecule has 0 aliphatic heterocycles. The Bertz CT molecular complexity index is 1040. The lowest BCUT2D eigenvalue weighted by atomic mass is 9.74. The van der Waals surface area contributed by atoms with Crippen LogP contribution in [0.4, 0.5) is 0 Å². The number of hydrogen-bond acceptors (Lipinski definition) is 4. The third-order valence-electron chi connectivity index (χ3n) is 5.69. The molecule has 1 fully saturated rings. The van der Waals surface area contributed by atoms with Gasteiger partial charge in [0.25, 0.3) is 0 Å². The monoisotopic (exact) mass is 396 g/mol. The maximum absolute atomic E-state index is 13.2. The predicted molar refractivity (Wildman–Crippen MR) is 107 cm³/mol. The number of fused-ring (bicyclic) bond motifs is 1. The second-order valence-electron chi connectivity index (χ2n) is 7.23. The Balaban J connectivity index is 1.71. The highest BCUT2D eigenvalue weighted by molar-refractivity contribution is 6.31. The van der Waals surface area contributed by atoms with Gasteiger partial charge in [0.1, 0.15) is 11.2 Å². The summed E-state index contributed by atoms with van der Waals surface area (Å²) in [6.07, 6.45) is 2.77. The number of rotatable bonds is 4. The number of nitrogens with zero attached hydrogens (tertiary/aromatic N) is 2. The summed E-state index contributed by atoms with van der Waals surface area (Å²) in [7, 11) is 1.69. The van der Waals surface area contributed by atoms with Gasteiger partial charge in [0.05, 0.1) is 6.42 Å². The van der Waals surface area contributed by atoms with Gasteiger partial charge in [-0.1, -0.05) is 47.1 Å². The van der Waals surface area contributed by atoms with E-state index >= 15 is 0 Å². The maximum Gasteiger partial charge on any atom is 0.229 e. The number of para-hydroxylation sites is 1. The molecule has 0 N–H and O–H groups in total. The van der Waals surface area contributed by atoms with Crippen LogP contribution in [0.5, 0.6) is 0 Å². The topological polar surface area (TPSA) is 63.4 Å². The number of Topliss-reactive ketones (excluding diaryl/α,β-unsaturated/α-hetero) is 1. The molecule has 2 aromatic carbocycles. The summed E-state index contributed by atoms with van der Waals surface area (Å²) in [4.78, 5) is 27.9. The van der Waals surface area contributed by atoms with Crippen molar-refractivity contribution in [3.8, 4) is 0 Å². The van der Waals surface area contributed by atoms with E-state index in [1.54, 1.807) is 18.0 Å². The van der Waals surface area contributed by atoms with Crippen molar-refractivity contribution in [2.45, 2.75) is 37.6 Å². The van der Waals surface area contributed by atoms with E-state index in [0.29, 0.717) is 34.7 Å². The number of carbonyl (C=O) groups is 2. The summed E-state index contributed by atoms with van der Waals surface area (Å²) in [5, 5.41) is 5.38. The minimum Gasteiger partial charge on any atom is -0.356 e. The van der Waals surface area contributed by atoms with Crippen LogP contribution in [-0.2, 0) is 21.5 Å². The quantitative estimate of drug-likeness (QED) is 0.650. The summed E-state index contributed by atoms with van der Waals surface area (Å²) < 4.78 is 5.32. The highest BCUT2D eigenvalue weighted by Gasteiger charge is 2.47. The molecule has 1 aliphatic carbocycles. The summed E-state index contributed by atoms with van der Waals surface area (Å²) in [6.45, 7) is 0. The number of carbonyl (C=O) groups excluding carboxylic acids is 2. The van der Waals surface area contributed by atoms with E-state index in [2.05, 4.69) is 5.16 Å². The second-order valence-corrected chi connectivity index (χ2v) is 7.63. The zero-order valence-electron chi connectivity index (χ0n) is 15.7. The van der Waals surface area contributed by atoms with Crippen molar-refractivity contribution in [1.82, 2.24) is 10.1 Å². The lowest BCUT2D eigenvalue weighted by Gasteiger charge is -2.44. The molecule has 0 radical (unpaired) electrons. The fraction of sp³-hybridized carbons (Fsp3) is 0.318. The van der Waals surface area contributed by atoms with Crippen LogP contribution in [-0.4, -0.2) is 28.8 Å². The van der Waals surface area contributed by atoms with Gasteiger partial charge in [-0.3, -0.25) is 9.59 Å². The van der Waals surface area contributed by atoms with Crippen molar-refractivity contribution in [2.24, 2.45) is 0 Å². The Kier molecular flexibility index (Phi) is 4.94. The first-order valence-electron chi connectivity index (χ1n) is 9.42. The molecule has 5 nitrogen and oxygen atoms in total. The first-order chi connectivity index (χ1) is 13.5. The van der Waals surface area contributed by atoms with E-state index in [4.69, 9.17) is 16.1 Å². The maximum atomic E-state index is 13.2. The SMILES string of the molecule is CN(C(=O)Cc1noc2ccccc12)C1(c2ccccc2Cl)CCCCC1=O. The Morgan fingerprint density at radius 2 is 1.93 bits per heavy atom. The molecule has 0 spiro atoms. The molecule has 6 heteroatoms. The van der Waals surface area contributed by atoms with Gasteiger partial charge in [0.15, 0.2) is 11.4 Å². The average molecular weight is 397 g/mol. The van der Waals surface area contributed by atoms with Crippen molar-refractivity contribution in [1.29, 1.82) is 0 Å². The van der Waals surface area contributed by atoms with Crippen molar-refractivity contribution < 1.29 is 14.1 Å². The summed E-state index contributed by atoms with van der Waals surface area (Å²) in [6, 6.07) is 14.7. The number of benzene rings is 2. The summed E-state index contributed by atoms with van der Waals surface area (Å²) in [5.74, 6) is -0.151. The summed E-state index contributed by atoms with van der Waals surface area (Å²) >= 11 is 6.46. The molecule has 0 saturated heterocycles. The summed E-state index contributed by atoms with van der Waals surface area (Å²) in [5.41, 5.74) is 0.877. The Hall–Kier alpha value is -2.66. The molecule has 28 heavy (non-hydrogen) atoms. The molecular weight excluding hydrogens is 376 g/mol. The molecule has 1 unspecified atom stereocenters. The van der Waals surface area contributed by atoms with Crippen molar-refractivity contribution in [3.63, 3.8) is 0 Å². The van der Waals surface area contributed by atoms with Crippen molar-refractivity contribution >= 4 is 34.3 Å². The number of amides is 1. The van der Waals surface area contributed by atoms with Crippen LogP contribution < -0.4 is 0 Å². The first-order valence-corrected chi connectivity index (χ1v) is 9.80. The minimum absolute atomic E-state index is 0.0349. The minimum atomic E-state index is -1.03. The van der Waals surface area contributed by atoms with Gasteiger partial charge in [-0.25, -0.2) is 0 Å². The van der Waals surface area contributed by atoms with E-state index < -0.39 is 5.54 Å². The largest absolute Gasteiger partial charge is 0.356 e. The van der Waals surface area contributed by atoms with E-state index in [1.165, 1.54) is 0 Å². The zero-order valence-corrected chi connectivity index (χ0v) is 16.4. The normalized spacial score (nSPS) is 19.7. The third kappa shape index (κ3) is 3.00. The van der Waals surface area contributed by atoms with Crippen LogP contribution in [0.3, 0.4) is 0 Å². The molecule has 1 aliphatic rings. The highest BCUT2D eigenvalue weighted by atomic mass is 35.5. The molecule has 1 saturated carbocycles. The Labute approximate surface area is 168 Å². The van der Waals surface area contributed by atoms with Gasteiger partial charge in [0.2, 0.25) is 5.91 Å². The van der Waals surface area contributed by atoms with Gasteiger partial charge in [-0.05, 0) is 37.5 Å². The fourth-order valence-electron chi connectivity index (χ4n) is 4.17. The molecule has 0 bridgehead atoms. The fourth-order valence-corrected chi connectivity index (χ4v) is 4.46. The van der Waals surface area contributed by atoms with Crippen molar-refractivity contribution in [2.75, 3.05) is 7.05 Å². The van der Waals surface area contributed by atoms with Crippen LogP contribution in [0.15, 0.2) is 53.1 Å². The molecule has 1 atom stereocenters. The first kappa shape index (κ1) is 18.7. The standard InChI is InChI=1S/C22H21ClN2O3/c1-25(21(27)14-18-15-8-2-5-11-19(15)28-24-18)22(13-7-6-12-20(22)26)16-9-3-4-10-17(16)23/h2-5,8-11H,6-7,12-14H2,1H3. The van der Waals surface area contributed by atoms with Crippen LogP contribution in [0, 0.1) is 0 Å². The molecular formula is C22H21ClN2O3. The predicted octanol–water partition coefficient (Wildman–Crippen LogP) is 4.52. The van der Waals surface area contributed by atoms with Crippen LogP contribution >= 0.6 is 11.6 Å². The molecule has 1 heterocycles. The number of ketones is 1. The lowest BCUT2D eigenvalue weighted by Crippen LogP contribution is -2.54. The van der Waals surface area contributed by atoms with Gasteiger partial charge in [0, 0.05) is 29.4 Å². The molecule has 3 aromatic rings. The lowest BCUT2D eigenvalue weighted by molar-refractivity contribution is -0.147. The van der Waals surface area contributed by atoms with Crippen LogP contribution in [0.2, 0.25) is 5.02 Å². The van der Waals surface area contributed by atoms with E-state index in [1.807, 2.05) is 42.5 Å². The zero-order chi connectivity index (χ0) is 19.7. The Morgan fingerprint density at radius 3 is 2.71 bits per heavy atom. The smallest absolute Gasteiger partial charge is 0.229 e. The molecule has 4 rings (SSSR count). The number of aromatic nitrogens is 1. The molecule has 1 amide bonds. The number of likely N-dealkylation sites (N-methyl/N-ethyl adjacent to an activating group) is 1. The van der Waals surface area contributed by atoms with Gasteiger partial charge >= 0.3 is 0 Å². The van der Waals surface area contributed by atoms with Crippen LogP contribution in [0.25, 0.3) is 11.0 Å². The molecule has 1 aromatic heterocycles. The van der Waals surface area contributed by atoms with E-state index in [0.717, 1.165) is 18.2 Å². The van der Waals surface area contributed by atoms with Crippen molar-refractivity contribution in [3.05, 3.63) is 64.8 Å². The highest BCUT2D eigenvalue weighted by Crippen LogP contribution is 2.42. The number of hydrogen-bond donors (Lipinski definition) is 0. The van der Waals surface area contributed by atoms with Crippen LogP contribution in [0.1, 0.15) is 36.9 Å². The van der Waals surface area contributed by atoms with Gasteiger partial charge < -0.3 is 9.42 Å². The van der Waals surface area contributed by atoms with E-state index in [-0.39, 0.29) is 18.1 Å². The average Bonchev–Trinajstić information content (AvgIpc) is 3.11. The third-order valence-corrected chi connectivity index (χ3v) is 6.02. The van der Waals surface area contributed by atoms with E-state index in [9.17, 15) is 9.59 Å².